The van der Waals surface area contributed by atoms with Crippen molar-refractivity contribution in [1.29, 1.82) is 0 Å². The molecule has 100 valence electrons. The van der Waals surface area contributed by atoms with E-state index in [-0.39, 0.29) is 12.5 Å². The summed E-state index contributed by atoms with van der Waals surface area (Å²) in [7, 11) is 1.54. The van der Waals surface area contributed by atoms with Crippen molar-refractivity contribution in [2.45, 2.75) is 13.5 Å². The number of nitrogens with zero attached hydrogens (tertiary/aromatic N) is 3. The van der Waals surface area contributed by atoms with E-state index in [9.17, 15) is 4.79 Å². The number of rotatable bonds is 4. The standard InChI is InChI=1S/C12H19N3O3/c1-10-7-11(18-13-10)8-14-3-5-15(6-4-14)12(16)9-17-2/h7H,3-6,8-9H2,1-2H3. The van der Waals surface area contributed by atoms with Gasteiger partial charge in [-0.05, 0) is 6.92 Å². The van der Waals surface area contributed by atoms with Crippen LogP contribution < -0.4 is 0 Å². The summed E-state index contributed by atoms with van der Waals surface area (Å²) in [6.45, 7) is 6.04. The molecule has 0 aromatic carbocycles. The van der Waals surface area contributed by atoms with Gasteiger partial charge in [-0.3, -0.25) is 9.69 Å². The number of hydrogen-bond donors (Lipinski definition) is 0. The molecule has 0 spiro atoms. The van der Waals surface area contributed by atoms with Crippen LogP contribution in [0.2, 0.25) is 0 Å². The van der Waals surface area contributed by atoms with E-state index in [4.69, 9.17) is 9.26 Å². The van der Waals surface area contributed by atoms with Crippen molar-refractivity contribution >= 4 is 5.91 Å². The minimum atomic E-state index is 0.0626. The number of carbonyl (C=O) groups excluding carboxylic acids is 1. The Morgan fingerprint density at radius 2 is 2.17 bits per heavy atom. The maximum atomic E-state index is 11.6. The summed E-state index contributed by atoms with van der Waals surface area (Å²) in [5.41, 5.74) is 0.902. The van der Waals surface area contributed by atoms with Crippen LogP contribution in [0.5, 0.6) is 0 Å². The van der Waals surface area contributed by atoms with Crippen LogP contribution >= 0.6 is 0 Å². The van der Waals surface area contributed by atoms with Gasteiger partial charge in [0.2, 0.25) is 5.91 Å². The fourth-order valence-electron chi connectivity index (χ4n) is 2.08. The lowest BCUT2D eigenvalue weighted by Gasteiger charge is -2.34. The van der Waals surface area contributed by atoms with Gasteiger partial charge in [0.1, 0.15) is 6.61 Å². The highest BCUT2D eigenvalue weighted by atomic mass is 16.5. The zero-order chi connectivity index (χ0) is 13.0. The monoisotopic (exact) mass is 253 g/mol. The number of hydrogen-bond acceptors (Lipinski definition) is 5. The van der Waals surface area contributed by atoms with Crippen LogP contribution in [0.1, 0.15) is 11.5 Å². The molecule has 18 heavy (non-hydrogen) atoms. The predicted molar refractivity (Wildman–Crippen MR) is 65.0 cm³/mol. The van der Waals surface area contributed by atoms with Crippen molar-refractivity contribution in [2.75, 3.05) is 39.9 Å². The number of carbonyl (C=O) groups is 1. The fraction of sp³-hybridized carbons (Fsp3) is 0.667. The summed E-state index contributed by atoms with van der Waals surface area (Å²) in [6.07, 6.45) is 0. The molecule has 6 heteroatoms. The van der Waals surface area contributed by atoms with Gasteiger partial charge < -0.3 is 14.2 Å². The highest BCUT2D eigenvalue weighted by Gasteiger charge is 2.21. The summed E-state index contributed by atoms with van der Waals surface area (Å²) >= 11 is 0. The van der Waals surface area contributed by atoms with Crippen molar-refractivity contribution in [1.82, 2.24) is 15.0 Å². The minimum Gasteiger partial charge on any atom is -0.375 e. The van der Waals surface area contributed by atoms with Crippen LogP contribution in [0, 0.1) is 6.92 Å². The Balaban J connectivity index is 1.78. The van der Waals surface area contributed by atoms with E-state index >= 15 is 0 Å². The first-order chi connectivity index (χ1) is 8.69. The first-order valence-corrected chi connectivity index (χ1v) is 6.10. The average molecular weight is 253 g/mol. The van der Waals surface area contributed by atoms with Gasteiger partial charge in [0.05, 0.1) is 12.2 Å². The van der Waals surface area contributed by atoms with E-state index in [2.05, 4.69) is 10.1 Å². The number of aromatic nitrogens is 1. The molecule has 1 amide bonds. The first-order valence-electron chi connectivity index (χ1n) is 6.10. The molecule has 0 atom stereocenters. The molecule has 0 N–H and O–H groups in total. The molecule has 2 heterocycles. The van der Waals surface area contributed by atoms with E-state index < -0.39 is 0 Å². The van der Waals surface area contributed by atoms with Gasteiger partial charge in [-0.2, -0.15) is 0 Å². The van der Waals surface area contributed by atoms with Gasteiger partial charge >= 0.3 is 0 Å². The van der Waals surface area contributed by atoms with E-state index in [1.807, 2.05) is 17.9 Å². The maximum absolute atomic E-state index is 11.6. The zero-order valence-corrected chi connectivity index (χ0v) is 10.9. The lowest BCUT2D eigenvalue weighted by atomic mass is 10.3. The highest BCUT2D eigenvalue weighted by Crippen LogP contribution is 2.09. The third-order valence-corrected chi connectivity index (χ3v) is 3.05. The van der Waals surface area contributed by atoms with Gasteiger partial charge in [0, 0.05) is 39.4 Å². The number of piperazine rings is 1. The van der Waals surface area contributed by atoms with Crippen molar-refractivity contribution in [2.24, 2.45) is 0 Å². The molecular weight excluding hydrogens is 234 g/mol. The molecular formula is C12H19N3O3. The van der Waals surface area contributed by atoms with Crippen LogP contribution in [0.4, 0.5) is 0 Å². The number of aryl methyl sites for hydroxylation is 1. The Morgan fingerprint density at radius 3 is 2.72 bits per heavy atom. The van der Waals surface area contributed by atoms with Crippen LogP contribution in [0.3, 0.4) is 0 Å². The summed E-state index contributed by atoms with van der Waals surface area (Å²) < 4.78 is 10.0. The second-order valence-electron chi connectivity index (χ2n) is 4.52. The van der Waals surface area contributed by atoms with Crippen molar-refractivity contribution in [3.63, 3.8) is 0 Å². The van der Waals surface area contributed by atoms with E-state index in [1.165, 1.54) is 0 Å². The third kappa shape index (κ3) is 3.30. The Kier molecular flexibility index (Phi) is 4.33. The molecule has 1 aliphatic rings. The Hall–Kier alpha value is -1.40. The van der Waals surface area contributed by atoms with E-state index in [1.54, 1.807) is 7.11 Å². The minimum absolute atomic E-state index is 0.0626. The molecule has 1 aromatic heterocycles. The van der Waals surface area contributed by atoms with E-state index in [0.717, 1.165) is 44.2 Å². The Morgan fingerprint density at radius 1 is 1.44 bits per heavy atom. The fourth-order valence-corrected chi connectivity index (χ4v) is 2.08. The molecule has 0 radical (unpaired) electrons. The highest BCUT2D eigenvalue weighted by molar-refractivity contribution is 5.77. The second-order valence-corrected chi connectivity index (χ2v) is 4.52. The van der Waals surface area contributed by atoms with Crippen molar-refractivity contribution in [3.8, 4) is 0 Å². The first kappa shape index (κ1) is 13.0. The van der Waals surface area contributed by atoms with Crippen molar-refractivity contribution < 1.29 is 14.1 Å². The summed E-state index contributed by atoms with van der Waals surface area (Å²) in [4.78, 5) is 15.7. The molecule has 1 aromatic rings. The number of amides is 1. The molecule has 1 saturated heterocycles. The van der Waals surface area contributed by atoms with Gasteiger partial charge in [-0.25, -0.2) is 0 Å². The molecule has 1 aliphatic heterocycles. The van der Waals surface area contributed by atoms with Gasteiger partial charge in [-0.15, -0.1) is 0 Å². The molecule has 2 rings (SSSR count). The summed E-state index contributed by atoms with van der Waals surface area (Å²) in [5.74, 6) is 0.942. The van der Waals surface area contributed by atoms with Gasteiger partial charge in [0.25, 0.3) is 0 Å². The molecule has 0 unspecified atom stereocenters. The smallest absolute Gasteiger partial charge is 0.248 e. The molecule has 0 aliphatic carbocycles. The van der Waals surface area contributed by atoms with Crippen molar-refractivity contribution in [3.05, 3.63) is 17.5 Å². The second kappa shape index (κ2) is 5.97. The van der Waals surface area contributed by atoms with Crippen LogP contribution in [0.15, 0.2) is 10.6 Å². The van der Waals surface area contributed by atoms with Crippen LogP contribution in [0.25, 0.3) is 0 Å². The average Bonchev–Trinajstić information content (AvgIpc) is 2.76. The van der Waals surface area contributed by atoms with Gasteiger partial charge in [0.15, 0.2) is 5.76 Å². The molecule has 1 fully saturated rings. The lowest BCUT2D eigenvalue weighted by Crippen LogP contribution is -2.49. The quantitative estimate of drug-likeness (QED) is 0.771. The topological polar surface area (TPSA) is 58.8 Å². The Labute approximate surface area is 106 Å². The Bertz CT molecular complexity index is 397. The lowest BCUT2D eigenvalue weighted by molar-refractivity contribution is -0.137. The number of methoxy groups -OCH3 is 1. The van der Waals surface area contributed by atoms with Crippen LogP contribution in [-0.2, 0) is 16.1 Å². The molecule has 6 nitrogen and oxygen atoms in total. The van der Waals surface area contributed by atoms with Gasteiger partial charge in [-0.1, -0.05) is 5.16 Å². The third-order valence-electron chi connectivity index (χ3n) is 3.05. The predicted octanol–water partition coefficient (Wildman–Crippen LogP) is 0.274. The largest absolute Gasteiger partial charge is 0.375 e. The number of ether oxygens (including phenoxy) is 1. The summed E-state index contributed by atoms with van der Waals surface area (Å²) in [6, 6.07) is 1.95. The molecule has 0 saturated carbocycles. The summed E-state index contributed by atoms with van der Waals surface area (Å²) in [5, 5.41) is 3.87. The maximum Gasteiger partial charge on any atom is 0.248 e. The zero-order valence-electron chi connectivity index (χ0n) is 10.9. The normalized spacial score (nSPS) is 17.1. The van der Waals surface area contributed by atoms with Crippen LogP contribution in [-0.4, -0.2) is 60.8 Å². The van der Waals surface area contributed by atoms with E-state index in [0.29, 0.717) is 0 Å². The SMILES string of the molecule is COCC(=O)N1CCN(Cc2cc(C)no2)CC1. The molecule has 0 bridgehead atoms.